The molecule has 3 rings (SSSR count). The smallest absolute Gasteiger partial charge is 0.254 e. The van der Waals surface area contributed by atoms with Gasteiger partial charge in [0.05, 0.1) is 6.54 Å². The molecule has 1 aliphatic heterocycles. The van der Waals surface area contributed by atoms with Crippen molar-refractivity contribution in [3.8, 4) is 0 Å². The van der Waals surface area contributed by atoms with Crippen molar-refractivity contribution in [2.45, 2.75) is 32.4 Å². The Morgan fingerprint density at radius 3 is 2.88 bits per heavy atom. The van der Waals surface area contributed by atoms with Crippen molar-refractivity contribution in [3.63, 3.8) is 0 Å². The van der Waals surface area contributed by atoms with Crippen LogP contribution in [0.3, 0.4) is 0 Å². The summed E-state index contributed by atoms with van der Waals surface area (Å²) < 4.78 is 10.4. The van der Waals surface area contributed by atoms with Crippen LogP contribution in [0.1, 0.15) is 34.7 Å². The fourth-order valence-corrected chi connectivity index (χ4v) is 2.76. The van der Waals surface area contributed by atoms with Crippen molar-refractivity contribution >= 4 is 17.5 Å². The first-order valence-corrected chi connectivity index (χ1v) is 8.23. The summed E-state index contributed by atoms with van der Waals surface area (Å²) in [5, 5.41) is 6.70. The molecule has 1 N–H and O–H groups in total. The molecule has 25 heavy (non-hydrogen) atoms. The van der Waals surface area contributed by atoms with Crippen LogP contribution in [0.5, 0.6) is 0 Å². The molecule has 0 radical (unpaired) electrons. The Morgan fingerprint density at radius 1 is 1.36 bits per heavy atom. The number of benzene rings is 1. The summed E-state index contributed by atoms with van der Waals surface area (Å²) in [5.74, 6) is 0.372. The minimum Gasteiger partial charge on any atom is -0.368 e. The maximum atomic E-state index is 12.6. The number of amides is 2. The summed E-state index contributed by atoms with van der Waals surface area (Å²) >= 11 is 0. The van der Waals surface area contributed by atoms with Crippen LogP contribution in [0.4, 0.5) is 5.69 Å². The lowest BCUT2D eigenvalue weighted by molar-refractivity contribution is -0.124. The molecule has 1 fully saturated rings. The van der Waals surface area contributed by atoms with Crippen LogP contribution < -0.4 is 5.32 Å². The second-order valence-corrected chi connectivity index (χ2v) is 6.16. The van der Waals surface area contributed by atoms with E-state index < -0.39 is 6.10 Å². The van der Waals surface area contributed by atoms with E-state index >= 15 is 0 Å². The molecule has 7 nitrogen and oxygen atoms in total. The number of aromatic nitrogens is 1. The van der Waals surface area contributed by atoms with Gasteiger partial charge in [-0.15, -0.1) is 0 Å². The van der Waals surface area contributed by atoms with Crippen LogP contribution >= 0.6 is 0 Å². The standard InChI is InChI=1S/C18H21N3O4/c1-12-9-15(20-25-12)11-21(2)18(23)13-5-3-6-14(10-13)19-17(22)16-7-4-8-24-16/h3,5-6,9-10,16H,4,7-8,11H2,1-2H3,(H,19,22)/t16-/m0/s1. The molecule has 0 unspecified atom stereocenters. The van der Waals surface area contributed by atoms with Gasteiger partial charge in [-0.25, -0.2) is 0 Å². The van der Waals surface area contributed by atoms with Crippen molar-refractivity contribution in [3.05, 3.63) is 47.3 Å². The fraction of sp³-hybridized carbons (Fsp3) is 0.389. The molecule has 0 bridgehead atoms. The van der Waals surface area contributed by atoms with Crippen molar-refractivity contribution in [2.75, 3.05) is 19.0 Å². The van der Waals surface area contributed by atoms with Crippen LogP contribution in [0.25, 0.3) is 0 Å². The maximum Gasteiger partial charge on any atom is 0.254 e. The largest absolute Gasteiger partial charge is 0.368 e. The van der Waals surface area contributed by atoms with E-state index in [4.69, 9.17) is 9.26 Å². The highest BCUT2D eigenvalue weighted by atomic mass is 16.5. The highest BCUT2D eigenvalue weighted by Crippen LogP contribution is 2.17. The summed E-state index contributed by atoms with van der Waals surface area (Å²) in [6, 6.07) is 8.67. The number of nitrogens with zero attached hydrogens (tertiary/aromatic N) is 2. The normalized spacial score (nSPS) is 16.6. The lowest BCUT2D eigenvalue weighted by Gasteiger charge is -2.16. The van der Waals surface area contributed by atoms with E-state index in [-0.39, 0.29) is 11.8 Å². The molecule has 1 atom stereocenters. The number of carbonyl (C=O) groups excluding carboxylic acids is 2. The van der Waals surface area contributed by atoms with Crippen molar-refractivity contribution < 1.29 is 18.8 Å². The summed E-state index contributed by atoms with van der Waals surface area (Å²) in [6.45, 7) is 2.77. The molecule has 1 aromatic carbocycles. The number of nitrogens with one attached hydrogen (secondary N) is 1. The third-order valence-electron chi connectivity index (χ3n) is 4.02. The van der Waals surface area contributed by atoms with Gasteiger partial charge in [0.2, 0.25) is 0 Å². The second-order valence-electron chi connectivity index (χ2n) is 6.16. The maximum absolute atomic E-state index is 12.6. The van der Waals surface area contributed by atoms with Gasteiger partial charge in [-0.2, -0.15) is 0 Å². The predicted molar refractivity (Wildman–Crippen MR) is 91.1 cm³/mol. The van der Waals surface area contributed by atoms with Crippen LogP contribution in [0, 0.1) is 6.92 Å². The molecule has 2 aromatic rings. The number of ether oxygens (including phenoxy) is 1. The third kappa shape index (κ3) is 4.24. The Balaban J connectivity index is 1.65. The molecular formula is C18H21N3O4. The van der Waals surface area contributed by atoms with Crippen molar-refractivity contribution in [2.24, 2.45) is 0 Å². The number of hydrogen-bond donors (Lipinski definition) is 1. The molecule has 132 valence electrons. The van der Waals surface area contributed by atoms with Gasteiger partial charge in [0.25, 0.3) is 11.8 Å². The van der Waals surface area contributed by atoms with Crippen LogP contribution in [-0.2, 0) is 16.1 Å². The predicted octanol–water partition coefficient (Wildman–Crippen LogP) is 2.37. The Kier molecular flexibility index (Phi) is 5.14. The average Bonchev–Trinajstić information content (AvgIpc) is 3.26. The zero-order chi connectivity index (χ0) is 17.8. The van der Waals surface area contributed by atoms with Gasteiger partial charge in [0.15, 0.2) is 0 Å². The molecule has 1 aromatic heterocycles. The quantitative estimate of drug-likeness (QED) is 0.901. The summed E-state index contributed by atoms with van der Waals surface area (Å²) in [4.78, 5) is 26.3. The molecule has 0 saturated carbocycles. The summed E-state index contributed by atoms with van der Waals surface area (Å²) in [6.07, 6.45) is 1.21. The number of carbonyl (C=O) groups is 2. The van der Waals surface area contributed by atoms with Gasteiger partial charge in [0.1, 0.15) is 17.6 Å². The van der Waals surface area contributed by atoms with E-state index in [9.17, 15) is 9.59 Å². The zero-order valence-corrected chi connectivity index (χ0v) is 14.3. The van der Waals surface area contributed by atoms with Gasteiger partial charge < -0.3 is 19.5 Å². The molecule has 2 heterocycles. The topological polar surface area (TPSA) is 84.7 Å². The minimum atomic E-state index is -0.405. The van der Waals surface area contributed by atoms with Gasteiger partial charge in [-0.3, -0.25) is 9.59 Å². The number of aryl methyl sites for hydroxylation is 1. The van der Waals surface area contributed by atoms with Gasteiger partial charge >= 0.3 is 0 Å². The van der Waals surface area contributed by atoms with E-state index in [1.165, 1.54) is 0 Å². The van der Waals surface area contributed by atoms with E-state index in [2.05, 4.69) is 10.5 Å². The summed E-state index contributed by atoms with van der Waals surface area (Å²) in [5.41, 5.74) is 1.76. The van der Waals surface area contributed by atoms with E-state index in [1.807, 2.05) is 0 Å². The molecule has 7 heteroatoms. The van der Waals surface area contributed by atoms with Crippen molar-refractivity contribution in [1.82, 2.24) is 10.1 Å². The van der Waals surface area contributed by atoms with E-state index in [0.29, 0.717) is 35.9 Å². The number of rotatable bonds is 5. The van der Waals surface area contributed by atoms with Gasteiger partial charge in [-0.05, 0) is 38.0 Å². The van der Waals surface area contributed by atoms with Crippen LogP contribution in [0.15, 0.2) is 34.9 Å². The lowest BCUT2D eigenvalue weighted by atomic mass is 10.1. The Bertz CT molecular complexity index is 765. The molecule has 2 amide bonds. The van der Waals surface area contributed by atoms with Crippen LogP contribution in [-0.4, -0.2) is 41.6 Å². The fourth-order valence-electron chi connectivity index (χ4n) is 2.76. The SMILES string of the molecule is Cc1cc(CN(C)C(=O)c2cccc(NC(=O)[C@@H]3CCCO3)c2)no1. The monoisotopic (exact) mass is 343 g/mol. The molecule has 0 spiro atoms. The summed E-state index contributed by atoms with van der Waals surface area (Å²) in [7, 11) is 1.70. The average molecular weight is 343 g/mol. The first kappa shape index (κ1) is 17.2. The Labute approximate surface area is 145 Å². The molecule has 0 aliphatic carbocycles. The molecule has 1 saturated heterocycles. The number of anilines is 1. The van der Waals surface area contributed by atoms with Crippen LogP contribution in [0.2, 0.25) is 0 Å². The Hall–Kier alpha value is -2.67. The highest BCUT2D eigenvalue weighted by Gasteiger charge is 2.23. The van der Waals surface area contributed by atoms with E-state index in [0.717, 1.165) is 12.8 Å². The number of hydrogen-bond acceptors (Lipinski definition) is 5. The first-order valence-electron chi connectivity index (χ1n) is 8.23. The molecular weight excluding hydrogens is 322 g/mol. The molecule has 1 aliphatic rings. The van der Waals surface area contributed by atoms with Gasteiger partial charge in [-0.1, -0.05) is 11.2 Å². The Morgan fingerprint density at radius 2 is 2.20 bits per heavy atom. The minimum absolute atomic E-state index is 0.158. The zero-order valence-electron chi connectivity index (χ0n) is 14.3. The van der Waals surface area contributed by atoms with E-state index in [1.54, 1.807) is 49.2 Å². The lowest BCUT2D eigenvalue weighted by Crippen LogP contribution is -2.28. The second kappa shape index (κ2) is 7.48. The van der Waals surface area contributed by atoms with Gasteiger partial charge in [0, 0.05) is 31.0 Å². The first-order chi connectivity index (χ1) is 12.0. The highest BCUT2D eigenvalue weighted by molar-refractivity contribution is 5.98. The van der Waals surface area contributed by atoms with Crippen molar-refractivity contribution in [1.29, 1.82) is 0 Å². The third-order valence-corrected chi connectivity index (χ3v) is 4.02.